The van der Waals surface area contributed by atoms with E-state index in [-0.39, 0.29) is 0 Å². The van der Waals surface area contributed by atoms with Crippen LogP contribution in [-0.2, 0) is 0 Å². The van der Waals surface area contributed by atoms with E-state index >= 15 is 0 Å². The van der Waals surface area contributed by atoms with Crippen LogP contribution in [0.5, 0.6) is 0 Å². The Bertz CT molecular complexity index is 894. The van der Waals surface area contributed by atoms with Gasteiger partial charge in [-0.1, -0.05) is 29.5 Å². The topological polar surface area (TPSA) is 47.6 Å². The fourth-order valence-electron chi connectivity index (χ4n) is 2.32. The van der Waals surface area contributed by atoms with Gasteiger partial charge in [-0.15, -0.1) is 11.3 Å². The number of nitrogens with zero attached hydrogens (tertiary/aromatic N) is 2. The van der Waals surface area contributed by atoms with Crippen LogP contribution in [-0.4, -0.2) is 10.2 Å². The van der Waals surface area contributed by atoms with Crippen molar-refractivity contribution >= 4 is 26.8 Å². The van der Waals surface area contributed by atoms with Crippen LogP contribution in [0.4, 0.5) is 0 Å². The van der Waals surface area contributed by atoms with Crippen molar-refractivity contribution in [3.05, 3.63) is 65.7 Å². The molecule has 0 unspecified atom stereocenters. The quantitative estimate of drug-likeness (QED) is 0.683. The summed E-state index contributed by atoms with van der Waals surface area (Å²) < 4.78 is 0. The average molecular weight is 316 g/mol. The van der Waals surface area contributed by atoms with E-state index in [2.05, 4.69) is 18.2 Å². The Morgan fingerprint density at radius 2 is 1.27 bits per heavy atom. The van der Waals surface area contributed by atoms with Crippen LogP contribution < -0.4 is 5.19 Å². The monoisotopic (exact) mass is 316 g/mol. The number of rotatable bonds is 2. The summed E-state index contributed by atoms with van der Waals surface area (Å²) in [5.74, 6) is 0. The highest BCUT2D eigenvalue weighted by molar-refractivity contribution is 7.20. The second-order valence-corrected chi connectivity index (χ2v) is 7.13. The number of nitriles is 2. The molecule has 2 nitrogen and oxygen atoms in total. The Kier molecular flexibility index (Phi) is 3.89. The van der Waals surface area contributed by atoms with Crippen molar-refractivity contribution in [3.63, 3.8) is 0 Å². The van der Waals surface area contributed by atoms with Gasteiger partial charge in [0.25, 0.3) is 0 Å². The van der Waals surface area contributed by atoms with Gasteiger partial charge in [0.2, 0.25) is 0 Å². The van der Waals surface area contributed by atoms with Crippen molar-refractivity contribution in [1.82, 2.24) is 0 Å². The van der Waals surface area contributed by atoms with Crippen molar-refractivity contribution in [2.45, 2.75) is 0 Å². The third-order valence-corrected chi connectivity index (χ3v) is 5.98. The molecule has 0 spiro atoms. The molecular formula is C18H12N2SSi. The van der Waals surface area contributed by atoms with Gasteiger partial charge in [0, 0.05) is 20.0 Å². The number of thiophene rings is 1. The van der Waals surface area contributed by atoms with Crippen molar-refractivity contribution in [1.29, 1.82) is 10.5 Å². The second kappa shape index (κ2) is 5.99. The van der Waals surface area contributed by atoms with Crippen LogP contribution in [0.2, 0.25) is 0 Å². The highest BCUT2D eigenvalue weighted by Gasteiger charge is 2.09. The zero-order chi connectivity index (χ0) is 15.5. The minimum Gasteiger partial charge on any atom is -0.192 e. The average Bonchev–Trinajstić information content (AvgIpc) is 2.97. The lowest BCUT2D eigenvalue weighted by Gasteiger charge is -2.00. The van der Waals surface area contributed by atoms with E-state index in [1.165, 1.54) is 14.9 Å². The van der Waals surface area contributed by atoms with Crippen molar-refractivity contribution in [3.8, 4) is 33.0 Å². The summed E-state index contributed by atoms with van der Waals surface area (Å²) in [5.41, 5.74) is 3.66. The number of hydrogen-bond donors (Lipinski definition) is 0. The molecular weight excluding hydrogens is 304 g/mol. The van der Waals surface area contributed by atoms with Crippen molar-refractivity contribution in [2.75, 3.05) is 0 Å². The lowest BCUT2D eigenvalue weighted by atomic mass is 10.1. The van der Waals surface area contributed by atoms with Gasteiger partial charge in [0.05, 0.1) is 23.3 Å². The molecule has 2 aromatic carbocycles. The molecule has 0 saturated heterocycles. The predicted octanol–water partition coefficient (Wildman–Crippen LogP) is 2.82. The van der Waals surface area contributed by atoms with Crippen LogP contribution in [0, 0.1) is 22.7 Å². The highest BCUT2D eigenvalue weighted by atomic mass is 32.1. The Balaban J connectivity index is 1.99. The van der Waals surface area contributed by atoms with Crippen LogP contribution in [0.1, 0.15) is 11.1 Å². The van der Waals surface area contributed by atoms with E-state index in [9.17, 15) is 0 Å². The molecule has 4 heteroatoms. The first-order valence-corrected chi connectivity index (χ1v) is 8.64. The number of benzene rings is 2. The van der Waals surface area contributed by atoms with Gasteiger partial charge in [-0.05, 0) is 41.5 Å². The first kappa shape index (κ1) is 14.3. The van der Waals surface area contributed by atoms with E-state index in [0.29, 0.717) is 11.1 Å². The van der Waals surface area contributed by atoms with Gasteiger partial charge in [-0.3, -0.25) is 0 Å². The van der Waals surface area contributed by atoms with Crippen LogP contribution in [0.15, 0.2) is 54.6 Å². The minimum absolute atomic E-state index is 0.679. The molecule has 22 heavy (non-hydrogen) atoms. The minimum atomic E-state index is 0.679. The molecule has 0 saturated carbocycles. The Labute approximate surface area is 136 Å². The molecule has 0 aliphatic heterocycles. The van der Waals surface area contributed by atoms with E-state index < -0.39 is 0 Å². The summed E-state index contributed by atoms with van der Waals surface area (Å²) >= 11 is 1.76. The van der Waals surface area contributed by atoms with Crippen molar-refractivity contribution in [2.24, 2.45) is 0 Å². The fraction of sp³-hybridized carbons (Fsp3) is 0. The largest absolute Gasteiger partial charge is 0.192 e. The summed E-state index contributed by atoms with van der Waals surface area (Å²) in [4.78, 5) is 2.49. The molecule has 104 valence electrons. The summed E-state index contributed by atoms with van der Waals surface area (Å²) in [6.07, 6.45) is 0. The molecule has 0 amide bonds. The smallest absolute Gasteiger partial charge is 0.0991 e. The molecule has 0 atom stereocenters. The fourth-order valence-corrected chi connectivity index (χ4v) is 4.59. The van der Waals surface area contributed by atoms with Crippen LogP contribution in [0.3, 0.4) is 0 Å². The summed E-state index contributed by atoms with van der Waals surface area (Å²) in [5, 5.41) is 19.1. The van der Waals surface area contributed by atoms with E-state index in [4.69, 9.17) is 10.5 Å². The van der Waals surface area contributed by atoms with E-state index in [0.717, 1.165) is 21.4 Å². The molecule has 0 aliphatic carbocycles. The molecule has 3 aromatic rings. The Hall–Kier alpha value is -2.66. The molecule has 1 aromatic heterocycles. The van der Waals surface area contributed by atoms with Gasteiger partial charge in [0.1, 0.15) is 0 Å². The standard InChI is InChI=1S/C18H12N2SSi/c19-10-12-1-5-14(6-2-12)16-9-17(22)18(21-16)15-7-3-13(11-20)4-8-15/h1-9H,22H3. The lowest BCUT2D eigenvalue weighted by Crippen LogP contribution is -2.00. The lowest BCUT2D eigenvalue weighted by molar-refractivity contribution is 1.49. The third kappa shape index (κ3) is 2.71. The number of hydrogen-bond acceptors (Lipinski definition) is 3. The van der Waals surface area contributed by atoms with Crippen molar-refractivity contribution < 1.29 is 0 Å². The van der Waals surface area contributed by atoms with Crippen LogP contribution >= 0.6 is 11.3 Å². The zero-order valence-corrected chi connectivity index (χ0v) is 14.8. The Morgan fingerprint density at radius 3 is 1.77 bits per heavy atom. The molecule has 0 fully saturated rings. The molecule has 0 aliphatic rings. The Morgan fingerprint density at radius 1 is 0.773 bits per heavy atom. The molecule has 0 radical (unpaired) electrons. The molecule has 0 bridgehead atoms. The van der Waals surface area contributed by atoms with Gasteiger partial charge in [0.15, 0.2) is 0 Å². The maximum atomic E-state index is 8.89. The normalized spacial score (nSPS) is 10.1. The third-order valence-electron chi connectivity index (χ3n) is 3.49. The first-order valence-electron chi connectivity index (χ1n) is 6.83. The highest BCUT2D eigenvalue weighted by Crippen LogP contribution is 2.32. The maximum absolute atomic E-state index is 8.89. The SMILES string of the molecule is N#Cc1ccc(-c2cc([SiH3])c(-c3ccc(C#N)cc3)s2)cc1. The summed E-state index contributed by atoms with van der Waals surface area (Å²) in [7, 11) is 0.973. The summed E-state index contributed by atoms with van der Waals surface area (Å²) in [6.45, 7) is 0. The van der Waals surface area contributed by atoms with Gasteiger partial charge in [-0.25, -0.2) is 0 Å². The van der Waals surface area contributed by atoms with Gasteiger partial charge in [-0.2, -0.15) is 10.5 Å². The van der Waals surface area contributed by atoms with Gasteiger partial charge < -0.3 is 0 Å². The maximum Gasteiger partial charge on any atom is 0.0991 e. The molecule has 1 heterocycles. The van der Waals surface area contributed by atoms with Crippen LogP contribution in [0.25, 0.3) is 20.9 Å². The molecule has 0 N–H and O–H groups in total. The van der Waals surface area contributed by atoms with E-state index in [1.54, 1.807) is 11.3 Å². The predicted molar refractivity (Wildman–Crippen MR) is 94.2 cm³/mol. The first-order chi connectivity index (χ1) is 10.7. The van der Waals surface area contributed by atoms with Gasteiger partial charge >= 0.3 is 0 Å². The second-order valence-electron chi connectivity index (χ2n) is 5.00. The summed E-state index contributed by atoms with van der Waals surface area (Å²) in [6, 6.07) is 21.9. The zero-order valence-electron chi connectivity index (χ0n) is 12.0. The van der Waals surface area contributed by atoms with E-state index in [1.807, 2.05) is 48.5 Å². The molecule has 3 rings (SSSR count).